The number of ether oxygens (including phenoxy) is 1. The first-order chi connectivity index (χ1) is 14.9. The Hall–Kier alpha value is -3.07. The lowest BCUT2D eigenvalue weighted by Gasteiger charge is -2.23. The molecule has 1 amide bonds. The summed E-state index contributed by atoms with van der Waals surface area (Å²) in [6, 6.07) is 7.75. The number of benzene rings is 1. The topological polar surface area (TPSA) is 84.6 Å². The van der Waals surface area contributed by atoms with Crippen molar-refractivity contribution >= 4 is 16.9 Å². The van der Waals surface area contributed by atoms with Crippen LogP contribution in [0.5, 0.6) is 5.75 Å². The number of aromatic nitrogens is 1. The van der Waals surface area contributed by atoms with Gasteiger partial charge in [-0.2, -0.15) is 13.2 Å². The number of carbonyl (C=O) groups is 1. The van der Waals surface area contributed by atoms with Gasteiger partial charge in [-0.15, -0.1) is 0 Å². The second-order valence-electron chi connectivity index (χ2n) is 8.58. The van der Waals surface area contributed by atoms with Gasteiger partial charge < -0.3 is 19.6 Å². The molecule has 2 heterocycles. The standard InChI is InChI=1S/C23H23F3N2O4/c1-13-18(22(8-9-22)28-20(29)21(2,3)30)16-11-15(6-7-17(16)32-13)31-12-14-5-4-10-27-19(14)23(24,25)26/h4-7,10-11,30H,8-9,12H2,1-3H3,(H,28,29). The van der Waals surface area contributed by atoms with Crippen LogP contribution in [0.2, 0.25) is 0 Å². The molecule has 2 aromatic heterocycles. The number of amides is 1. The average Bonchev–Trinajstić information content (AvgIpc) is 3.38. The quantitative estimate of drug-likeness (QED) is 0.575. The lowest BCUT2D eigenvalue weighted by atomic mass is 9.99. The maximum atomic E-state index is 13.2. The number of alkyl halides is 3. The average molecular weight is 448 g/mol. The zero-order valence-electron chi connectivity index (χ0n) is 17.8. The van der Waals surface area contributed by atoms with E-state index in [1.54, 1.807) is 25.1 Å². The first-order valence-electron chi connectivity index (χ1n) is 10.1. The number of furan rings is 1. The van der Waals surface area contributed by atoms with Gasteiger partial charge >= 0.3 is 6.18 Å². The summed E-state index contributed by atoms with van der Waals surface area (Å²) < 4.78 is 51.1. The summed E-state index contributed by atoms with van der Waals surface area (Å²) in [4.78, 5) is 15.8. The molecule has 1 aliphatic rings. The van der Waals surface area contributed by atoms with E-state index in [-0.39, 0.29) is 12.2 Å². The Bertz CT molecular complexity index is 1170. The largest absolute Gasteiger partial charge is 0.489 e. The molecule has 1 saturated carbocycles. The van der Waals surface area contributed by atoms with E-state index in [4.69, 9.17) is 9.15 Å². The Kier molecular flexibility index (Phi) is 5.20. The summed E-state index contributed by atoms with van der Waals surface area (Å²) in [6.45, 7) is 4.31. The van der Waals surface area contributed by atoms with Crippen LogP contribution in [0.3, 0.4) is 0 Å². The molecule has 1 fully saturated rings. The third-order valence-corrected chi connectivity index (χ3v) is 5.53. The molecule has 1 aliphatic carbocycles. The minimum absolute atomic E-state index is 0.0696. The van der Waals surface area contributed by atoms with Gasteiger partial charge in [0.1, 0.15) is 29.3 Å². The fourth-order valence-electron chi connectivity index (χ4n) is 3.79. The number of fused-ring (bicyclic) bond motifs is 1. The number of aliphatic hydroxyl groups is 1. The lowest BCUT2D eigenvalue weighted by Crippen LogP contribution is -2.47. The van der Waals surface area contributed by atoms with Crippen LogP contribution < -0.4 is 10.1 Å². The van der Waals surface area contributed by atoms with E-state index in [1.165, 1.54) is 26.0 Å². The second-order valence-corrected chi connectivity index (χ2v) is 8.58. The van der Waals surface area contributed by atoms with Gasteiger partial charge in [0.2, 0.25) is 0 Å². The third-order valence-electron chi connectivity index (χ3n) is 5.53. The number of pyridine rings is 1. The van der Waals surface area contributed by atoms with E-state index < -0.39 is 28.9 Å². The van der Waals surface area contributed by atoms with E-state index in [2.05, 4.69) is 10.3 Å². The van der Waals surface area contributed by atoms with Crippen molar-refractivity contribution in [3.63, 3.8) is 0 Å². The number of nitrogens with one attached hydrogen (secondary N) is 1. The summed E-state index contributed by atoms with van der Waals surface area (Å²) in [7, 11) is 0. The Balaban J connectivity index is 1.63. The smallest absolute Gasteiger partial charge is 0.433 e. The van der Waals surface area contributed by atoms with Crippen molar-refractivity contribution in [2.75, 3.05) is 0 Å². The number of halogens is 3. The van der Waals surface area contributed by atoms with Crippen LogP contribution >= 0.6 is 0 Å². The van der Waals surface area contributed by atoms with Crippen LogP contribution in [0.4, 0.5) is 13.2 Å². The van der Waals surface area contributed by atoms with Gasteiger partial charge in [0.05, 0.1) is 5.54 Å². The van der Waals surface area contributed by atoms with E-state index in [9.17, 15) is 23.1 Å². The second kappa shape index (κ2) is 7.51. The molecule has 0 bridgehead atoms. The van der Waals surface area contributed by atoms with Crippen LogP contribution in [-0.4, -0.2) is 21.6 Å². The van der Waals surface area contributed by atoms with Crippen LogP contribution in [-0.2, 0) is 23.1 Å². The van der Waals surface area contributed by atoms with Crippen molar-refractivity contribution in [1.82, 2.24) is 10.3 Å². The van der Waals surface area contributed by atoms with Crippen LogP contribution in [0, 0.1) is 6.92 Å². The molecule has 0 spiro atoms. The van der Waals surface area contributed by atoms with Gasteiger partial charge in [-0.3, -0.25) is 9.78 Å². The molecular weight excluding hydrogens is 425 g/mol. The predicted octanol–water partition coefficient (Wildman–Crippen LogP) is 4.61. The zero-order valence-corrected chi connectivity index (χ0v) is 17.8. The molecule has 170 valence electrons. The Morgan fingerprint density at radius 3 is 2.62 bits per heavy atom. The Morgan fingerprint density at radius 2 is 2.00 bits per heavy atom. The van der Waals surface area contributed by atoms with Gasteiger partial charge in [-0.1, -0.05) is 6.07 Å². The van der Waals surface area contributed by atoms with E-state index >= 15 is 0 Å². The number of carbonyl (C=O) groups excluding carboxylic acids is 1. The monoisotopic (exact) mass is 448 g/mol. The minimum Gasteiger partial charge on any atom is -0.489 e. The number of nitrogens with zero attached hydrogens (tertiary/aromatic N) is 1. The number of rotatable bonds is 6. The summed E-state index contributed by atoms with van der Waals surface area (Å²) in [5.74, 6) is 0.492. The zero-order chi connectivity index (χ0) is 23.3. The molecule has 32 heavy (non-hydrogen) atoms. The molecule has 6 nitrogen and oxygen atoms in total. The highest BCUT2D eigenvalue weighted by atomic mass is 19.4. The van der Waals surface area contributed by atoms with Crippen molar-refractivity contribution in [2.45, 2.75) is 57.5 Å². The summed E-state index contributed by atoms with van der Waals surface area (Å²) >= 11 is 0. The maximum absolute atomic E-state index is 13.2. The summed E-state index contributed by atoms with van der Waals surface area (Å²) in [6.07, 6.45) is -2.12. The molecule has 0 atom stereocenters. The van der Waals surface area contributed by atoms with E-state index in [0.717, 1.165) is 11.8 Å². The van der Waals surface area contributed by atoms with Crippen LogP contribution in [0.1, 0.15) is 49.3 Å². The highest BCUT2D eigenvalue weighted by Crippen LogP contribution is 2.51. The van der Waals surface area contributed by atoms with Gasteiger partial charge in [0.25, 0.3) is 5.91 Å². The van der Waals surface area contributed by atoms with Gasteiger partial charge in [-0.05, 0) is 57.9 Å². The fraction of sp³-hybridized carbons (Fsp3) is 0.391. The van der Waals surface area contributed by atoms with Crippen LogP contribution in [0.25, 0.3) is 11.0 Å². The highest BCUT2D eigenvalue weighted by molar-refractivity contribution is 5.89. The molecule has 3 aromatic rings. The summed E-state index contributed by atoms with van der Waals surface area (Å²) in [5.41, 5.74) is -1.87. The van der Waals surface area contributed by atoms with Crippen LogP contribution in [0.15, 0.2) is 40.9 Å². The Labute approximate surface area is 182 Å². The molecule has 2 N–H and O–H groups in total. The fourth-order valence-corrected chi connectivity index (χ4v) is 3.79. The predicted molar refractivity (Wildman–Crippen MR) is 110 cm³/mol. The molecule has 0 saturated heterocycles. The van der Waals surface area contributed by atoms with Crippen molar-refractivity contribution in [3.8, 4) is 5.75 Å². The molecule has 0 radical (unpaired) electrons. The van der Waals surface area contributed by atoms with Crippen molar-refractivity contribution in [3.05, 3.63) is 59.1 Å². The normalized spacial score (nSPS) is 15.6. The van der Waals surface area contributed by atoms with Crippen molar-refractivity contribution in [2.24, 2.45) is 0 Å². The molecule has 9 heteroatoms. The minimum atomic E-state index is -4.57. The SMILES string of the molecule is Cc1oc2ccc(OCc3cccnc3C(F)(F)F)cc2c1C1(NC(=O)C(C)(C)O)CC1. The summed E-state index contributed by atoms with van der Waals surface area (Å²) in [5, 5.41) is 13.6. The first-order valence-corrected chi connectivity index (χ1v) is 10.1. The Morgan fingerprint density at radius 1 is 1.28 bits per heavy atom. The van der Waals surface area contributed by atoms with Crippen molar-refractivity contribution in [1.29, 1.82) is 0 Å². The lowest BCUT2D eigenvalue weighted by molar-refractivity contribution is -0.142. The number of hydrogen-bond acceptors (Lipinski definition) is 5. The molecule has 1 aromatic carbocycles. The molecular formula is C23H23F3N2O4. The molecule has 0 aliphatic heterocycles. The van der Waals surface area contributed by atoms with E-state index in [0.29, 0.717) is 35.3 Å². The maximum Gasteiger partial charge on any atom is 0.433 e. The van der Waals surface area contributed by atoms with Gasteiger partial charge in [0.15, 0.2) is 5.69 Å². The van der Waals surface area contributed by atoms with Crippen molar-refractivity contribution < 1.29 is 32.2 Å². The van der Waals surface area contributed by atoms with E-state index in [1.807, 2.05) is 0 Å². The first kappa shape index (κ1) is 22.1. The molecule has 4 rings (SSSR count). The van der Waals surface area contributed by atoms with Gasteiger partial charge in [-0.25, -0.2) is 0 Å². The number of aryl methyl sites for hydroxylation is 1. The third kappa shape index (κ3) is 4.17. The number of hydrogen-bond donors (Lipinski definition) is 2. The molecule has 0 unspecified atom stereocenters. The van der Waals surface area contributed by atoms with Gasteiger partial charge in [0, 0.05) is 22.7 Å². The highest BCUT2D eigenvalue weighted by Gasteiger charge is 2.50.